The number of nitrogens with one attached hydrogen (secondary N) is 3. The molecule has 0 aromatic heterocycles. The second kappa shape index (κ2) is 11.8. The smallest absolute Gasteiger partial charge is 0.360 e. The molecule has 1 amide bonds. The quantitative estimate of drug-likeness (QED) is 0.226. The van der Waals surface area contributed by atoms with Crippen LogP contribution in [0.3, 0.4) is 0 Å². The molecule has 3 aliphatic rings. The van der Waals surface area contributed by atoms with Crippen LogP contribution >= 0.6 is 23.4 Å². The van der Waals surface area contributed by atoms with Gasteiger partial charge in [0.2, 0.25) is 5.91 Å². The van der Waals surface area contributed by atoms with Crippen LogP contribution in [-0.2, 0) is 11.0 Å². The van der Waals surface area contributed by atoms with Gasteiger partial charge in [0.15, 0.2) is 0 Å². The maximum Gasteiger partial charge on any atom is 0.416 e. The third-order valence-electron chi connectivity index (χ3n) is 8.31. The van der Waals surface area contributed by atoms with Crippen molar-refractivity contribution in [3.63, 3.8) is 0 Å². The SMILES string of the molecule is O=C(NC1CCCCC1)C(C1CCCCC1)C1(CSc2ccc(C(F)(F)F)cc2)Nc2cc(F)c(Cl)cc2N1. The van der Waals surface area contributed by atoms with Crippen LogP contribution in [0.25, 0.3) is 0 Å². The van der Waals surface area contributed by atoms with Crippen LogP contribution in [0.1, 0.15) is 69.8 Å². The van der Waals surface area contributed by atoms with E-state index in [1.807, 2.05) is 0 Å². The molecule has 0 spiro atoms. The van der Waals surface area contributed by atoms with Crippen molar-refractivity contribution in [2.45, 2.75) is 87.0 Å². The predicted molar refractivity (Wildman–Crippen MR) is 149 cm³/mol. The highest BCUT2D eigenvalue weighted by atomic mass is 35.5. The molecule has 0 bridgehead atoms. The predicted octanol–water partition coefficient (Wildman–Crippen LogP) is 8.47. The molecule has 1 heterocycles. The van der Waals surface area contributed by atoms with E-state index in [2.05, 4.69) is 16.0 Å². The first-order valence-electron chi connectivity index (χ1n) is 13.8. The van der Waals surface area contributed by atoms with Crippen molar-refractivity contribution in [2.75, 3.05) is 16.4 Å². The van der Waals surface area contributed by atoms with Gasteiger partial charge < -0.3 is 16.0 Å². The lowest BCUT2D eigenvalue weighted by atomic mass is 9.73. The van der Waals surface area contributed by atoms with Gasteiger partial charge in [-0.05, 0) is 61.9 Å². The number of carbonyl (C=O) groups is 1. The van der Waals surface area contributed by atoms with Gasteiger partial charge in [-0.25, -0.2) is 4.39 Å². The number of hydrogen-bond acceptors (Lipinski definition) is 4. The van der Waals surface area contributed by atoms with Crippen molar-refractivity contribution >= 4 is 40.6 Å². The highest BCUT2D eigenvalue weighted by Crippen LogP contribution is 2.47. The summed E-state index contributed by atoms with van der Waals surface area (Å²) in [6.07, 6.45) is 5.88. The fourth-order valence-electron chi connectivity index (χ4n) is 6.37. The number of amides is 1. The number of carbonyl (C=O) groups excluding carboxylic acids is 1. The zero-order valence-electron chi connectivity index (χ0n) is 21.7. The maximum atomic E-state index is 14.5. The summed E-state index contributed by atoms with van der Waals surface area (Å²) in [4.78, 5) is 14.8. The molecule has 2 aromatic carbocycles. The van der Waals surface area contributed by atoms with Crippen LogP contribution in [0, 0.1) is 17.7 Å². The average molecular weight is 584 g/mol. The number of hydrogen-bond donors (Lipinski definition) is 3. The van der Waals surface area contributed by atoms with E-state index in [4.69, 9.17) is 11.6 Å². The van der Waals surface area contributed by atoms with Gasteiger partial charge in [-0.2, -0.15) is 13.2 Å². The molecule has 39 heavy (non-hydrogen) atoms. The standard InChI is InChI=1S/C29H34ClF4N3OS/c30-22-15-24-25(16-23(22)31)37-28(36-24,17-39-21-13-11-19(12-14-21)29(32,33)34)26(18-7-3-1-4-8-18)27(38)35-20-9-5-2-6-10-20/h11-16,18,20,26,36-37H,1-10,17H2,(H,35,38). The van der Waals surface area contributed by atoms with Gasteiger partial charge in [0.25, 0.3) is 0 Å². The first-order chi connectivity index (χ1) is 18.6. The van der Waals surface area contributed by atoms with Crippen LogP contribution in [0.15, 0.2) is 41.3 Å². The molecule has 5 rings (SSSR count). The van der Waals surface area contributed by atoms with Gasteiger partial charge in [0.05, 0.1) is 27.9 Å². The van der Waals surface area contributed by atoms with Crippen molar-refractivity contribution < 1.29 is 22.4 Å². The van der Waals surface area contributed by atoms with Crippen LogP contribution in [0.2, 0.25) is 5.02 Å². The minimum Gasteiger partial charge on any atom is -0.360 e. The Hall–Kier alpha value is -2.13. The number of rotatable bonds is 7. The Morgan fingerprint density at radius 2 is 1.56 bits per heavy atom. The van der Waals surface area contributed by atoms with E-state index in [1.165, 1.54) is 42.4 Å². The molecular formula is C29H34ClF4N3OS. The summed E-state index contributed by atoms with van der Waals surface area (Å²) in [5, 5.41) is 10.3. The number of benzene rings is 2. The third-order valence-corrected chi connectivity index (χ3v) is 9.81. The molecule has 3 N–H and O–H groups in total. The minimum atomic E-state index is -4.41. The van der Waals surface area contributed by atoms with E-state index in [1.54, 1.807) is 0 Å². The van der Waals surface area contributed by atoms with Gasteiger partial charge >= 0.3 is 6.18 Å². The third kappa shape index (κ3) is 6.45. The number of alkyl halides is 3. The van der Waals surface area contributed by atoms with Crippen LogP contribution in [-0.4, -0.2) is 23.4 Å². The second-order valence-electron chi connectivity index (χ2n) is 11.1. The lowest BCUT2D eigenvalue weighted by Gasteiger charge is -2.43. The van der Waals surface area contributed by atoms with E-state index >= 15 is 0 Å². The number of halogens is 5. The Morgan fingerprint density at radius 3 is 2.18 bits per heavy atom. The van der Waals surface area contributed by atoms with Gasteiger partial charge in [0.1, 0.15) is 11.5 Å². The molecule has 0 saturated heterocycles. The summed E-state index contributed by atoms with van der Waals surface area (Å²) in [6.45, 7) is 0. The fourth-order valence-corrected chi connectivity index (χ4v) is 7.58. The van der Waals surface area contributed by atoms with Gasteiger partial charge in [-0.1, -0.05) is 50.1 Å². The minimum absolute atomic E-state index is 0.0184. The van der Waals surface area contributed by atoms with Gasteiger partial charge in [-0.15, -0.1) is 11.8 Å². The van der Waals surface area contributed by atoms with E-state index in [-0.39, 0.29) is 22.9 Å². The molecule has 2 aromatic rings. The maximum absolute atomic E-state index is 14.5. The molecule has 1 aliphatic heterocycles. The topological polar surface area (TPSA) is 53.2 Å². The van der Waals surface area contributed by atoms with Gasteiger partial charge in [-0.3, -0.25) is 4.79 Å². The fraction of sp³-hybridized carbons (Fsp3) is 0.552. The summed E-state index contributed by atoms with van der Waals surface area (Å²) in [7, 11) is 0. The summed E-state index contributed by atoms with van der Waals surface area (Å²) < 4.78 is 53.8. The number of anilines is 2. The molecule has 2 atom stereocenters. The highest BCUT2D eigenvalue weighted by Gasteiger charge is 2.51. The lowest BCUT2D eigenvalue weighted by molar-refractivity contribution is -0.137. The average Bonchev–Trinajstić information content (AvgIpc) is 3.26. The lowest BCUT2D eigenvalue weighted by Crippen LogP contribution is -2.60. The Kier molecular flexibility index (Phi) is 8.57. The zero-order valence-corrected chi connectivity index (χ0v) is 23.3. The highest BCUT2D eigenvalue weighted by molar-refractivity contribution is 7.99. The summed E-state index contributed by atoms with van der Waals surface area (Å²) >= 11 is 7.48. The molecule has 4 nitrogen and oxygen atoms in total. The van der Waals surface area contributed by atoms with Crippen molar-refractivity contribution in [3.8, 4) is 0 Å². The van der Waals surface area contributed by atoms with Crippen molar-refractivity contribution in [1.29, 1.82) is 0 Å². The van der Waals surface area contributed by atoms with Crippen molar-refractivity contribution in [3.05, 3.63) is 52.8 Å². The van der Waals surface area contributed by atoms with E-state index in [0.29, 0.717) is 22.0 Å². The monoisotopic (exact) mass is 583 g/mol. The van der Waals surface area contributed by atoms with E-state index in [9.17, 15) is 22.4 Å². The molecule has 2 fully saturated rings. The Balaban J connectivity index is 1.47. The Labute approximate surface area is 236 Å². The molecule has 2 saturated carbocycles. The Morgan fingerprint density at radius 1 is 0.974 bits per heavy atom. The normalized spacial score (nSPS) is 23.0. The molecule has 0 radical (unpaired) electrons. The van der Waals surface area contributed by atoms with E-state index in [0.717, 1.165) is 69.9 Å². The number of thioether (sulfide) groups is 1. The van der Waals surface area contributed by atoms with Crippen molar-refractivity contribution in [1.82, 2.24) is 5.32 Å². The van der Waals surface area contributed by atoms with Crippen LogP contribution in [0.5, 0.6) is 0 Å². The first kappa shape index (κ1) is 28.4. The van der Waals surface area contributed by atoms with Crippen molar-refractivity contribution in [2.24, 2.45) is 11.8 Å². The molecule has 2 aliphatic carbocycles. The first-order valence-corrected chi connectivity index (χ1v) is 15.2. The van der Waals surface area contributed by atoms with Gasteiger partial charge in [0, 0.05) is 22.8 Å². The second-order valence-corrected chi connectivity index (χ2v) is 12.5. The van der Waals surface area contributed by atoms with Crippen LogP contribution < -0.4 is 16.0 Å². The number of fused-ring (bicyclic) bond motifs is 1. The molecule has 10 heteroatoms. The van der Waals surface area contributed by atoms with Crippen LogP contribution in [0.4, 0.5) is 28.9 Å². The molecule has 2 unspecified atom stereocenters. The zero-order chi connectivity index (χ0) is 27.6. The summed E-state index contributed by atoms with van der Waals surface area (Å²) in [5.41, 5.74) is -0.548. The Bertz CT molecular complexity index is 1130. The summed E-state index contributed by atoms with van der Waals surface area (Å²) in [5.74, 6) is -0.620. The molecule has 212 valence electrons. The van der Waals surface area contributed by atoms with E-state index < -0.39 is 29.1 Å². The summed E-state index contributed by atoms with van der Waals surface area (Å²) in [6, 6.07) is 8.06. The molecular weight excluding hydrogens is 550 g/mol. The largest absolute Gasteiger partial charge is 0.416 e.